The maximum Gasteiger partial charge on any atom is 0.203 e. The molecule has 11 heteroatoms. The largest absolute Gasteiger partial charge is 0.493 e. The fourth-order valence-corrected chi connectivity index (χ4v) is 6.78. The second kappa shape index (κ2) is 16.5. The Hall–Kier alpha value is -5.16. The summed E-state index contributed by atoms with van der Waals surface area (Å²) in [4.78, 5) is 10.6. The number of hydrogen-bond donors (Lipinski definition) is 0. The molecule has 1 aliphatic rings. The molecule has 4 aromatic carbocycles. The molecule has 262 valence electrons. The number of aromatic nitrogens is 1. The number of hydrogen-bond acceptors (Lipinski definition) is 11. The molecule has 1 unspecified atom stereocenters. The van der Waals surface area contributed by atoms with E-state index < -0.39 is 0 Å². The summed E-state index contributed by atoms with van der Waals surface area (Å²) in [5.74, 6) is 4.45. The van der Waals surface area contributed by atoms with Crippen LogP contribution in [0.3, 0.4) is 0 Å². The zero-order valence-electron chi connectivity index (χ0n) is 29.0. The van der Waals surface area contributed by atoms with Gasteiger partial charge in [0, 0.05) is 17.5 Å². The maximum absolute atomic E-state index is 6.19. The molecule has 0 aliphatic carbocycles. The van der Waals surface area contributed by atoms with Gasteiger partial charge in [-0.1, -0.05) is 23.4 Å². The number of para-hydroxylation sites is 1. The van der Waals surface area contributed by atoms with Gasteiger partial charge < -0.3 is 38.0 Å². The molecule has 1 aliphatic heterocycles. The Morgan fingerprint density at radius 2 is 1.26 bits per heavy atom. The molecule has 0 radical (unpaired) electrons. The number of unbranched alkanes of at least 4 members (excludes halogenated alkanes) is 3. The van der Waals surface area contributed by atoms with E-state index in [1.807, 2.05) is 66.7 Å². The Bertz CT molecular complexity index is 1880. The lowest BCUT2D eigenvalue weighted by atomic mass is 9.99. The number of methoxy groups -OCH3 is 5. The van der Waals surface area contributed by atoms with Crippen LogP contribution in [0.15, 0.2) is 78.0 Å². The molecule has 0 N–H and O–H groups in total. The van der Waals surface area contributed by atoms with Crippen LogP contribution in [-0.2, 0) is 4.84 Å². The quantitative estimate of drug-likeness (QED) is 0.0882. The van der Waals surface area contributed by atoms with Crippen molar-refractivity contribution in [3.63, 3.8) is 0 Å². The smallest absolute Gasteiger partial charge is 0.203 e. The fourth-order valence-electron chi connectivity index (χ4n) is 5.82. The third-order valence-electron chi connectivity index (χ3n) is 8.48. The zero-order chi connectivity index (χ0) is 34.9. The zero-order valence-corrected chi connectivity index (χ0v) is 29.8. The molecule has 0 amide bonds. The van der Waals surface area contributed by atoms with Gasteiger partial charge >= 0.3 is 0 Å². The standard InChI is InChI=1S/C39H42N2O8S/c1-42-30-16-14-25(32-24-29(41-49-32)27-22-35(44-3)38(46-5)36(23-27)45-4)20-33(30)47-18-10-6-7-11-19-48-34-21-26(15-17-31(34)43-2)39-40-28-12-8-9-13-37(28)50-39/h8-9,12-17,20-23,32H,6-7,10-11,18-19,24H2,1-5H3. The first-order valence-corrected chi connectivity index (χ1v) is 17.4. The molecule has 50 heavy (non-hydrogen) atoms. The highest BCUT2D eigenvalue weighted by Crippen LogP contribution is 2.41. The average Bonchev–Trinajstić information content (AvgIpc) is 3.83. The minimum atomic E-state index is -0.266. The van der Waals surface area contributed by atoms with Crippen molar-refractivity contribution in [1.82, 2.24) is 4.98 Å². The molecular weight excluding hydrogens is 657 g/mol. The van der Waals surface area contributed by atoms with Crippen molar-refractivity contribution >= 4 is 27.3 Å². The van der Waals surface area contributed by atoms with E-state index in [1.54, 1.807) is 46.9 Å². The fraction of sp³-hybridized carbons (Fsp3) is 0.333. The Morgan fingerprint density at radius 1 is 0.640 bits per heavy atom. The lowest BCUT2D eigenvalue weighted by Crippen LogP contribution is -2.05. The van der Waals surface area contributed by atoms with E-state index in [0.29, 0.717) is 54.1 Å². The summed E-state index contributed by atoms with van der Waals surface area (Å²) in [6, 6.07) is 23.8. The topological polar surface area (TPSA) is 99.1 Å². The van der Waals surface area contributed by atoms with Gasteiger partial charge in [-0.3, -0.25) is 0 Å². The molecule has 1 atom stereocenters. The molecule has 10 nitrogen and oxygen atoms in total. The first-order valence-electron chi connectivity index (χ1n) is 16.6. The van der Waals surface area contributed by atoms with Crippen LogP contribution in [0, 0.1) is 0 Å². The summed E-state index contributed by atoms with van der Waals surface area (Å²) in [6.07, 6.45) is 4.14. The number of thiazole rings is 1. The molecule has 0 spiro atoms. The highest BCUT2D eigenvalue weighted by atomic mass is 32.1. The van der Waals surface area contributed by atoms with Gasteiger partial charge in [-0.15, -0.1) is 11.3 Å². The summed E-state index contributed by atoms with van der Waals surface area (Å²) >= 11 is 1.67. The number of nitrogens with zero attached hydrogens (tertiary/aromatic N) is 2. The van der Waals surface area contributed by atoms with Gasteiger partial charge in [0.15, 0.2) is 40.6 Å². The van der Waals surface area contributed by atoms with Crippen molar-refractivity contribution in [2.75, 3.05) is 48.8 Å². The predicted octanol–water partition coefficient (Wildman–Crippen LogP) is 8.89. The molecular formula is C39H42N2O8S. The van der Waals surface area contributed by atoms with Gasteiger partial charge in [0.1, 0.15) is 5.01 Å². The van der Waals surface area contributed by atoms with Gasteiger partial charge in [-0.05, 0) is 85.8 Å². The second-order valence-corrected chi connectivity index (χ2v) is 12.7. The van der Waals surface area contributed by atoms with Crippen molar-refractivity contribution < 1.29 is 38.0 Å². The summed E-state index contributed by atoms with van der Waals surface area (Å²) in [5, 5.41) is 5.34. The van der Waals surface area contributed by atoms with E-state index in [1.165, 1.54) is 0 Å². The van der Waals surface area contributed by atoms with E-state index in [4.69, 9.17) is 43.0 Å². The predicted molar refractivity (Wildman–Crippen MR) is 195 cm³/mol. The molecule has 0 saturated heterocycles. The van der Waals surface area contributed by atoms with E-state index in [0.717, 1.165) is 69.1 Å². The summed E-state index contributed by atoms with van der Waals surface area (Å²) < 4.78 is 41.2. The molecule has 5 aromatic rings. The van der Waals surface area contributed by atoms with Crippen molar-refractivity contribution in [1.29, 1.82) is 0 Å². The monoisotopic (exact) mass is 698 g/mol. The molecule has 6 rings (SSSR count). The number of rotatable bonds is 17. The average molecular weight is 699 g/mol. The summed E-state index contributed by atoms with van der Waals surface area (Å²) in [6.45, 7) is 1.16. The third kappa shape index (κ3) is 7.83. The van der Waals surface area contributed by atoms with Crippen LogP contribution in [0.1, 0.15) is 49.3 Å². The van der Waals surface area contributed by atoms with Crippen molar-refractivity contribution in [3.05, 3.63) is 83.9 Å². The Kier molecular flexibility index (Phi) is 11.4. The molecule has 1 aromatic heterocycles. The van der Waals surface area contributed by atoms with Crippen molar-refractivity contribution in [3.8, 4) is 50.8 Å². The van der Waals surface area contributed by atoms with Crippen LogP contribution < -0.4 is 33.2 Å². The van der Waals surface area contributed by atoms with Crippen molar-refractivity contribution in [2.45, 2.75) is 38.2 Å². The van der Waals surface area contributed by atoms with Gasteiger partial charge in [0.2, 0.25) is 5.75 Å². The van der Waals surface area contributed by atoms with Crippen LogP contribution >= 0.6 is 11.3 Å². The van der Waals surface area contributed by atoms with Crippen LogP contribution in [0.5, 0.6) is 40.2 Å². The molecule has 0 bridgehead atoms. The second-order valence-electron chi connectivity index (χ2n) is 11.6. The number of ether oxygens (including phenoxy) is 7. The van der Waals surface area contributed by atoms with Gasteiger partial charge in [-0.25, -0.2) is 4.98 Å². The summed E-state index contributed by atoms with van der Waals surface area (Å²) in [7, 11) is 8.07. The lowest BCUT2D eigenvalue weighted by Gasteiger charge is -2.15. The maximum atomic E-state index is 6.19. The van der Waals surface area contributed by atoms with Crippen molar-refractivity contribution in [2.24, 2.45) is 5.16 Å². The number of oxime groups is 1. The molecule has 2 heterocycles. The minimum absolute atomic E-state index is 0.266. The third-order valence-corrected chi connectivity index (χ3v) is 9.57. The SMILES string of the molecule is COc1ccc(-c2nc3ccccc3s2)cc1OCCCCCCOc1cc(C2CC(c3cc(OC)c(OC)c(OC)c3)=NO2)ccc1OC. The minimum Gasteiger partial charge on any atom is -0.493 e. The van der Waals surface area contributed by atoms with Gasteiger partial charge in [-0.2, -0.15) is 0 Å². The first-order chi connectivity index (χ1) is 24.5. The Labute approximate surface area is 296 Å². The molecule has 0 fully saturated rings. The molecule has 0 saturated carbocycles. The normalized spacial score (nSPS) is 13.8. The highest BCUT2D eigenvalue weighted by Gasteiger charge is 2.27. The Morgan fingerprint density at radius 3 is 1.90 bits per heavy atom. The highest BCUT2D eigenvalue weighted by molar-refractivity contribution is 7.21. The van der Waals surface area contributed by atoms with E-state index in [9.17, 15) is 0 Å². The lowest BCUT2D eigenvalue weighted by molar-refractivity contribution is 0.0854. The van der Waals surface area contributed by atoms with Crippen LogP contribution in [0.25, 0.3) is 20.8 Å². The van der Waals surface area contributed by atoms with Gasteiger partial charge in [0.25, 0.3) is 0 Å². The van der Waals surface area contributed by atoms with Crippen LogP contribution in [0.4, 0.5) is 0 Å². The van der Waals surface area contributed by atoms with E-state index in [2.05, 4.69) is 11.2 Å². The number of benzene rings is 4. The summed E-state index contributed by atoms with van der Waals surface area (Å²) in [5.41, 5.74) is 4.60. The first kappa shape index (κ1) is 34.7. The van der Waals surface area contributed by atoms with E-state index >= 15 is 0 Å². The van der Waals surface area contributed by atoms with Crippen LogP contribution in [0.2, 0.25) is 0 Å². The van der Waals surface area contributed by atoms with E-state index in [-0.39, 0.29) is 6.10 Å². The number of fused-ring (bicyclic) bond motifs is 1. The Balaban J connectivity index is 0.973. The van der Waals surface area contributed by atoms with Crippen LogP contribution in [-0.4, -0.2) is 59.5 Å². The van der Waals surface area contributed by atoms with Gasteiger partial charge in [0.05, 0.1) is 64.7 Å².